The van der Waals surface area contributed by atoms with Crippen LogP contribution < -0.4 is 10.5 Å². The van der Waals surface area contributed by atoms with E-state index in [2.05, 4.69) is 0 Å². The number of hydrogen-bond acceptors (Lipinski definition) is 4. The van der Waals surface area contributed by atoms with Crippen LogP contribution in [0.25, 0.3) is 0 Å². The molecule has 100 valence electrons. The van der Waals surface area contributed by atoms with Crippen molar-refractivity contribution in [3.8, 4) is 0 Å². The molecule has 1 aromatic carbocycles. The molecule has 18 heavy (non-hydrogen) atoms. The summed E-state index contributed by atoms with van der Waals surface area (Å²) in [6, 6.07) is 2.52. The standard InChI is InChI=1S/C10H12Cl2N2O3S/c1-5(2)18(16,17)14-10(15)6-3-7(11)9(13)8(12)4-6/h3-5H,13H2,1-2H3,(H,14,15). The van der Waals surface area contributed by atoms with Crippen molar-refractivity contribution in [3.05, 3.63) is 27.7 Å². The summed E-state index contributed by atoms with van der Waals surface area (Å²) in [5.41, 5.74) is 5.68. The van der Waals surface area contributed by atoms with Gasteiger partial charge in [-0.3, -0.25) is 4.79 Å². The fourth-order valence-electron chi connectivity index (χ4n) is 1.02. The summed E-state index contributed by atoms with van der Waals surface area (Å²) >= 11 is 11.5. The molecule has 0 saturated carbocycles. The van der Waals surface area contributed by atoms with E-state index in [1.807, 2.05) is 4.72 Å². The summed E-state index contributed by atoms with van der Waals surface area (Å²) in [6.07, 6.45) is 0. The first-order valence-electron chi connectivity index (χ1n) is 4.95. The second-order valence-corrected chi connectivity index (χ2v) is 6.93. The lowest BCUT2D eigenvalue weighted by Crippen LogP contribution is -2.35. The van der Waals surface area contributed by atoms with Crippen molar-refractivity contribution in [2.24, 2.45) is 0 Å². The number of sulfonamides is 1. The Bertz CT molecular complexity index is 562. The highest BCUT2D eigenvalue weighted by atomic mass is 35.5. The normalized spacial score (nSPS) is 11.6. The highest BCUT2D eigenvalue weighted by molar-refractivity contribution is 7.90. The van der Waals surface area contributed by atoms with Gasteiger partial charge in [0.25, 0.3) is 5.91 Å². The number of nitrogens with one attached hydrogen (secondary N) is 1. The minimum absolute atomic E-state index is 0.0309. The molecular weight excluding hydrogens is 299 g/mol. The molecule has 0 radical (unpaired) electrons. The zero-order valence-corrected chi connectivity index (χ0v) is 12.0. The number of hydrogen-bond donors (Lipinski definition) is 2. The molecule has 3 N–H and O–H groups in total. The van der Waals surface area contributed by atoms with Gasteiger partial charge in [0.2, 0.25) is 10.0 Å². The van der Waals surface area contributed by atoms with Crippen LogP contribution in [-0.2, 0) is 10.0 Å². The highest BCUT2D eigenvalue weighted by Crippen LogP contribution is 2.28. The molecule has 0 saturated heterocycles. The molecule has 5 nitrogen and oxygen atoms in total. The quantitative estimate of drug-likeness (QED) is 0.836. The number of halogens is 2. The van der Waals surface area contributed by atoms with Gasteiger partial charge in [-0.2, -0.15) is 0 Å². The summed E-state index contributed by atoms with van der Waals surface area (Å²) in [5, 5.41) is -0.537. The first-order valence-corrected chi connectivity index (χ1v) is 7.26. The Labute approximate surface area is 115 Å². The average molecular weight is 311 g/mol. The molecule has 0 aliphatic rings. The minimum atomic E-state index is -3.70. The lowest BCUT2D eigenvalue weighted by molar-refractivity contribution is 0.0981. The number of carbonyl (C=O) groups excluding carboxylic acids is 1. The fraction of sp³-hybridized carbons (Fsp3) is 0.300. The van der Waals surface area contributed by atoms with Crippen LogP contribution in [0.15, 0.2) is 12.1 Å². The molecule has 8 heteroatoms. The van der Waals surface area contributed by atoms with Gasteiger partial charge in [0.1, 0.15) is 0 Å². The van der Waals surface area contributed by atoms with E-state index in [9.17, 15) is 13.2 Å². The summed E-state index contributed by atoms with van der Waals surface area (Å²) in [7, 11) is -3.70. The van der Waals surface area contributed by atoms with E-state index in [0.29, 0.717) is 0 Å². The van der Waals surface area contributed by atoms with Crippen LogP contribution in [0.4, 0.5) is 5.69 Å². The van der Waals surface area contributed by atoms with Gasteiger partial charge in [-0.05, 0) is 26.0 Å². The number of nitrogens with two attached hydrogens (primary N) is 1. The van der Waals surface area contributed by atoms with Crippen molar-refractivity contribution in [3.63, 3.8) is 0 Å². The molecule has 0 aliphatic heterocycles. The second kappa shape index (κ2) is 5.34. The van der Waals surface area contributed by atoms with Gasteiger partial charge in [0.15, 0.2) is 0 Å². The zero-order valence-electron chi connectivity index (χ0n) is 9.70. The van der Waals surface area contributed by atoms with E-state index in [0.717, 1.165) is 0 Å². The maximum atomic E-state index is 11.7. The van der Waals surface area contributed by atoms with E-state index in [1.165, 1.54) is 26.0 Å². The van der Waals surface area contributed by atoms with E-state index in [1.54, 1.807) is 0 Å². The number of amides is 1. The SMILES string of the molecule is CC(C)S(=O)(=O)NC(=O)c1cc(Cl)c(N)c(Cl)c1. The largest absolute Gasteiger partial charge is 0.396 e. The first-order chi connectivity index (χ1) is 8.15. The molecule has 0 unspecified atom stereocenters. The predicted octanol–water partition coefficient (Wildman–Crippen LogP) is 2.04. The lowest BCUT2D eigenvalue weighted by Gasteiger charge is -2.10. The number of rotatable bonds is 3. The Kier molecular flexibility index (Phi) is 4.47. The summed E-state index contributed by atoms with van der Waals surface area (Å²) in [6.45, 7) is 2.91. The fourth-order valence-corrected chi connectivity index (χ4v) is 2.12. The third kappa shape index (κ3) is 3.28. The van der Waals surface area contributed by atoms with Crippen molar-refractivity contribution in [2.75, 3.05) is 5.73 Å². The van der Waals surface area contributed by atoms with E-state index < -0.39 is 21.2 Å². The maximum Gasteiger partial charge on any atom is 0.264 e. The van der Waals surface area contributed by atoms with Gasteiger partial charge in [-0.25, -0.2) is 13.1 Å². The van der Waals surface area contributed by atoms with Crippen LogP contribution in [0.3, 0.4) is 0 Å². The Balaban J connectivity index is 3.07. The van der Waals surface area contributed by atoms with Crippen LogP contribution in [0.2, 0.25) is 10.0 Å². The second-order valence-electron chi connectivity index (χ2n) is 3.88. The molecular formula is C10H12Cl2N2O3S. The number of anilines is 1. The van der Waals surface area contributed by atoms with Crippen molar-refractivity contribution < 1.29 is 13.2 Å². The van der Waals surface area contributed by atoms with Gasteiger partial charge in [-0.1, -0.05) is 23.2 Å². The van der Waals surface area contributed by atoms with Gasteiger partial charge in [0.05, 0.1) is 21.0 Å². The van der Waals surface area contributed by atoms with Crippen LogP contribution in [-0.4, -0.2) is 19.6 Å². The zero-order chi connectivity index (χ0) is 14.1. The summed E-state index contributed by atoms with van der Waals surface area (Å²) in [5.74, 6) is -0.799. The smallest absolute Gasteiger partial charge is 0.264 e. The van der Waals surface area contributed by atoms with Crippen molar-refractivity contribution >= 4 is 44.8 Å². The number of nitrogen functional groups attached to an aromatic ring is 1. The van der Waals surface area contributed by atoms with Crippen LogP contribution in [0, 0.1) is 0 Å². The van der Waals surface area contributed by atoms with E-state index in [-0.39, 0.29) is 21.3 Å². The molecule has 0 spiro atoms. The van der Waals surface area contributed by atoms with E-state index >= 15 is 0 Å². The predicted molar refractivity (Wildman–Crippen MR) is 72.4 cm³/mol. The monoisotopic (exact) mass is 310 g/mol. The van der Waals surface area contributed by atoms with E-state index in [4.69, 9.17) is 28.9 Å². The number of benzene rings is 1. The Morgan fingerprint density at radius 2 is 1.72 bits per heavy atom. The van der Waals surface area contributed by atoms with Gasteiger partial charge >= 0.3 is 0 Å². The van der Waals surface area contributed by atoms with Gasteiger partial charge in [-0.15, -0.1) is 0 Å². The topological polar surface area (TPSA) is 89.3 Å². The molecule has 0 heterocycles. The number of carbonyl (C=O) groups is 1. The first kappa shape index (κ1) is 15.1. The molecule has 1 amide bonds. The summed E-state index contributed by atoms with van der Waals surface area (Å²) in [4.78, 5) is 11.7. The maximum absolute atomic E-state index is 11.7. The van der Waals surface area contributed by atoms with Crippen molar-refractivity contribution in [1.29, 1.82) is 0 Å². The van der Waals surface area contributed by atoms with Crippen LogP contribution in [0.5, 0.6) is 0 Å². The third-order valence-electron chi connectivity index (χ3n) is 2.20. The van der Waals surface area contributed by atoms with Crippen LogP contribution in [0.1, 0.15) is 24.2 Å². The molecule has 0 aromatic heterocycles. The lowest BCUT2D eigenvalue weighted by atomic mass is 10.2. The molecule has 0 atom stereocenters. The molecule has 1 rings (SSSR count). The van der Waals surface area contributed by atoms with Crippen molar-refractivity contribution in [1.82, 2.24) is 4.72 Å². The molecule has 0 fully saturated rings. The molecule has 0 bridgehead atoms. The average Bonchev–Trinajstić information content (AvgIpc) is 2.24. The van der Waals surface area contributed by atoms with Crippen LogP contribution >= 0.6 is 23.2 Å². The third-order valence-corrected chi connectivity index (χ3v) is 4.53. The Morgan fingerprint density at radius 3 is 2.11 bits per heavy atom. The Morgan fingerprint density at radius 1 is 1.28 bits per heavy atom. The van der Waals surface area contributed by atoms with Gasteiger partial charge < -0.3 is 5.73 Å². The van der Waals surface area contributed by atoms with Crippen molar-refractivity contribution in [2.45, 2.75) is 19.1 Å². The Hall–Kier alpha value is -0.980. The molecule has 1 aromatic rings. The molecule has 0 aliphatic carbocycles. The minimum Gasteiger partial charge on any atom is -0.396 e. The van der Waals surface area contributed by atoms with Gasteiger partial charge in [0, 0.05) is 5.56 Å². The highest BCUT2D eigenvalue weighted by Gasteiger charge is 2.20. The summed E-state index contributed by atoms with van der Waals surface area (Å²) < 4.78 is 25.0.